The largest absolute Gasteiger partial charge is 0.296 e. The lowest BCUT2D eigenvalue weighted by Crippen LogP contribution is -2.29. The number of aldehydes is 1. The molecule has 0 spiro atoms. The smallest absolute Gasteiger partial charge is 0.281 e. The van der Waals surface area contributed by atoms with E-state index >= 15 is 0 Å². The van der Waals surface area contributed by atoms with Gasteiger partial charge in [0.15, 0.2) is 11.3 Å². The van der Waals surface area contributed by atoms with Crippen LogP contribution in [0.5, 0.6) is 0 Å². The minimum Gasteiger partial charge on any atom is -0.296 e. The first-order valence-electron chi connectivity index (χ1n) is 3.91. The second-order valence-electron chi connectivity index (χ2n) is 2.68. The molecule has 0 aromatic carbocycles. The molecule has 1 N–H and O–H groups in total. The van der Waals surface area contributed by atoms with Gasteiger partial charge in [0.2, 0.25) is 5.91 Å². The Kier molecular flexibility index (Phi) is 3.15. The Balaban J connectivity index is 3.15. The second kappa shape index (κ2) is 4.18. The average molecular weight is 228 g/mol. The maximum atomic E-state index is 11.4. The standard InChI is InChI=1S/C8H8N2O4S/c1-6(12)10-15(13,14)8-4-2-3-7(5-11)9-8/h2-5H,1H3,(H,10,12). The van der Waals surface area contributed by atoms with E-state index in [9.17, 15) is 18.0 Å². The lowest BCUT2D eigenvalue weighted by molar-refractivity contribution is -0.117. The van der Waals surface area contributed by atoms with E-state index in [0.717, 1.165) is 6.92 Å². The highest BCUT2D eigenvalue weighted by Crippen LogP contribution is 2.04. The van der Waals surface area contributed by atoms with Crippen LogP contribution in [0.15, 0.2) is 23.2 Å². The topological polar surface area (TPSA) is 93.2 Å². The van der Waals surface area contributed by atoms with Crippen LogP contribution < -0.4 is 4.72 Å². The number of aromatic nitrogens is 1. The minimum absolute atomic E-state index is 0.0126. The summed E-state index contributed by atoms with van der Waals surface area (Å²) in [5.41, 5.74) is -0.0126. The van der Waals surface area contributed by atoms with Crippen LogP contribution in [0.3, 0.4) is 0 Å². The zero-order chi connectivity index (χ0) is 11.5. The molecule has 0 aliphatic heterocycles. The summed E-state index contributed by atoms with van der Waals surface area (Å²) in [6, 6.07) is 3.92. The fourth-order valence-electron chi connectivity index (χ4n) is 0.888. The number of hydrogen-bond donors (Lipinski definition) is 1. The van der Waals surface area contributed by atoms with E-state index in [-0.39, 0.29) is 10.7 Å². The molecule has 0 atom stereocenters. The molecule has 0 aliphatic carbocycles. The molecule has 0 unspecified atom stereocenters. The van der Waals surface area contributed by atoms with Crippen LogP contribution >= 0.6 is 0 Å². The third-order valence-corrected chi connectivity index (χ3v) is 2.75. The highest BCUT2D eigenvalue weighted by molar-refractivity contribution is 7.90. The Morgan fingerprint density at radius 3 is 2.67 bits per heavy atom. The molecule has 1 heterocycles. The minimum atomic E-state index is -3.96. The van der Waals surface area contributed by atoms with Gasteiger partial charge in [0.1, 0.15) is 5.69 Å². The van der Waals surface area contributed by atoms with Crippen LogP contribution in [-0.2, 0) is 14.8 Å². The van der Waals surface area contributed by atoms with Gasteiger partial charge in [-0.3, -0.25) is 9.59 Å². The summed E-state index contributed by atoms with van der Waals surface area (Å²) < 4.78 is 24.5. The Morgan fingerprint density at radius 1 is 1.47 bits per heavy atom. The summed E-state index contributed by atoms with van der Waals surface area (Å²) in [6.07, 6.45) is 0.423. The predicted octanol–water partition coefficient (Wildman–Crippen LogP) is -0.281. The molecular formula is C8H8N2O4S. The molecule has 0 saturated heterocycles. The number of carbonyl (C=O) groups excluding carboxylic acids is 2. The van der Waals surface area contributed by atoms with E-state index in [1.807, 2.05) is 0 Å². The molecule has 1 amide bonds. The fourth-order valence-corrected chi connectivity index (χ4v) is 1.85. The number of rotatable bonds is 3. The molecule has 0 saturated carbocycles. The van der Waals surface area contributed by atoms with Crippen LogP contribution in [-0.4, -0.2) is 25.6 Å². The summed E-state index contributed by atoms with van der Waals surface area (Å²) in [7, 11) is -3.96. The molecular weight excluding hydrogens is 220 g/mol. The van der Waals surface area contributed by atoms with Crippen molar-refractivity contribution in [2.75, 3.05) is 0 Å². The molecule has 6 nitrogen and oxygen atoms in total. The molecule has 0 aliphatic rings. The van der Waals surface area contributed by atoms with Gasteiger partial charge in [-0.05, 0) is 12.1 Å². The van der Waals surface area contributed by atoms with Crippen molar-refractivity contribution >= 4 is 22.2 Å². The van der Waals surface area contributed by atoms with Gasteiger partial charge in [-0.2, -0.15) is 8.42 Å². The van der Waals surface area contributed by atoms with Gasteiger partial charge in [0.05, 0.1) is 0 Å². The van der Waals surface area contributed by atoms with E-state index < -0.39 is 15.9 Å². The fraction of sp³-hybridized carbons (Fsp3) is 0.125. The molecule has 1 rings (SSSR count). The van der Waals surface area contributed by atoms with Crippen LogP contribution in [0.1, 0.15) is 17.4 Å². The lowest BCUT2D eigenvalue weighted by Gasteiger charge is -2.03. The van der Waals surface area contributed by atoms with Crippen LogP contribution in [0.4, 0.5) is 0 Å². The quantitative estimate of drug-likeness (QED) is 0.718. The number of nitrogens with zero attached hydrogens (tertiary/aromatic N) is 1. The lowest BCUT2D eigenvalue weighted by atomic mass is 10.4. The maximum absolute atomic E-state index is 11.4. The van der Waals surface area contributed by atoms with E-state index in [1.165, 1.54) is 18.2 Å². The number of sulfonamides is 1. The first-order chi connectivity index (χ1) is 6.95. The number of amides is 1. The molecule has 15 heavy (non-hydrogen) atoms. The van der Waals surface area contributed by atoms with Crippen molar-refractivity contribution < 1.29 is 18.0 Å². The van der Waals surface area contributed by atoms with Crippen molar-refractivity contribution in [3.05, 3.63) is 23.9 Å². The highest BCUT2D eigenvalue weighted by Gasteiger charge is 2.16. The van der Waals surface area contributed by atoms with Crippen molar-refractivity contribution in [2.24, 2.45) is 0 Å². The average Bonchev–Trinajstić information content (AvgIpc) is 2.16. The summed E-state index contributed by atoms with van der Waals surface area (Å²) >= 11 is 0. The highest BCUT2D eigenvalue weighted by atomic mass is 32.2. The number of pyridine rings is 1. The zero-order valence-corrected chi connectivity index (χ0v) is 8.61. The van der Waals surface area contributed by atoms with E-state index in [2.05, 4.69) is 4.98 Å². The normalized spacial score (nSPS) is 10.7. The molecule has 0 fully saturated rings. The molecule has 0 bridgehead atoms. The Bertz CT molecular complexity index is 495. The predicted molar refractivity (Wildman–Crippen MR) is 50.6 cm³/mol. The monoisotopic (exact) mass is 228 g/mol. The van der Waals surface area contributed by atoms with Gasteiger partial charge in [-0.1, -0.05) is 6.07 Å². The Labute approximate surface area is 86.4 Å². The van der Waals surface area contributed by atoms with E-state index in [4.69, 9.17) is 0 Å². The van der Waals surface area contributed by atoms with Gasteiger partial charge in [0.25, 0.3) is 10.0 Å². The summed E-state index contributed by atoms with van der Waals surface area (Å²) in [5.74, 6) is -0.715. The van der Waals surface area contributed by atoms with Gasteiger partial charge < -0.3 is 0 Å². The van der Waals surface area contributed by atoms with Gasteiger partial charge in [-0.25, -0.2) is 9.71 Å². The Hall–Kier alpha value is -1.76. The maximum Gasteiger partial charge on any atom is 0.281 e. The van der Waals surface area contributed by atoms with E-state index in [0.29, 0.717) is 6.29 Å². The van der Waals surface area contributed by atoms with Gasteiger partial charge >= 0.3 is 0 Å². The third kappa shape index (κ3) is 2.84. The first-order valence-corrected chi connectivity index (χ1v) is 5.39. The summed E-state index contributed by atoms with van der Waals surface area (Å²) in [6.45, 7) is 1.07. The Morgan fingerprint density at radius 2 is 2.13 bits per heavy atom. The van der Waals surface area contributed by atoms with Crippen molar-refractivity contribution in [1.82, 2.24) is 9.71 Å². The molecule has 80 valence electrons. The number of nitrogens with one attached hydrogen (secondary N) is 1. The van der Waals surface area contributed by atoms with Gasteiger partial charge in [-0.15, -0.1) is 0 Å². The number of hydrogen-bond acceptors (Lipinski definition) is 5. The first kappa shape index (κ1) is 11.3. The molecule has 0 radical (unpaired) electrons. The van der Waals surface area contributed by atoms with Crippen molar-refractivity contribution in [3.63, 3.8) is 0 Å². The SMILES string of the molecule is CC(=O)NS(=O)(=O)c1cccc(C=O)n1. The third-order valence-electron chi connectivity index (χ3n) is 1.42. The van der Waals surface area contributed by atoms with E-state index in [1.54, 1.807) is 4.72 Å². The van der Waals surface area contributed by atoms with Crippen molar-refractivity contribution in [2.45, 2.75) is 11.9 Å². The van der Waals surface area contributed by atoms with Crippen molar-refractivity contribution in [3.8, 4) is 0 Å². The molecule has 7 heteroatoms. The molecule has 1 aromatic rings. The van der Waals surface area contributed by atoms with Crippen LogP contribution in [0, 0.1) is 0 Å². The summed E-state index contributed by atoms with van der Waals surface area (Å²) in [5, 5.41) is -0.359. The second-order valence-corrected chi connectivity index (χ2v) is 4.31. The zero-order valence-electron chi connectivity index (χ0n) is 7.80. The summed E-state index contributed by atoms with van der Waals surface area (Å²) in [4.78, 5) is 24.5. The van der Waals surface area contributed by atoms with Crippen LogP contribution in [0.2, 0.25) is 0 Å². The van der Waals surface area contributed by atoms with Crippen LogP contribution in [0.25, 0.3) is 0 Å². The van der Waals surface area contributed by atoms with Gasteiger partial charge in [0, 0.05) is 6.92 Å². The van der Waals surface area contributed by atoms with Crippen molar-refractivity contribution in [1.29, 1.82) is 0 Å². The molecule has 1 aromatic heterocycles. The number of carbonyl (C=O) groups is 2.